The van der Waals surface area contributed by atoms with Crippen LogP contribution in [0.1, 0.15) is 39.4 Å². The summed E-state index contributed by atoms with van der Waals surface area (Å²) in [7, 11) is -3.44. The zero-order chi connectivity index (χ0) is 13.9. The number of fused-ring (bicyclic) bond motifs is 1. The average molecular weight is 302 g/mol. The van der Waals surface area contributed by atoms with E-state index in [1.165, 1.54) is 23.3 Å². The van der Waals surface area contributed by atoms with Gasteiger partial charge in [0.1, 0.15) is 0 Å². The van der Waals surface area contributed by atoms with Crippen molar-refractivity contribution in [1.29, 1.82) is 0 Å². The molecule has 1 aromatic heterocycles. The summed E-state index contributed by atoms with van der Waals surface area (Å²) in [6.45, 7) is 0.331. The molecular formula is C12H18N2O3S2. The maximum atomic E-state index is 11.9. The van der Waals surface area contributed by atoms with Crippen molar-refractivity contribution in [3.05, 3.63) is 21.4 Å². The second kappa shape index (κ2) is 6.02. The summed E-state index contributed by atoms with van der Waals surface area (Å²) in [5.41, 5.74) is 1.30. The lowest BCUT2D eigenvalue weighted by Crippen LogP contribution is -2.26. The molecular weight excluding hydrogens is 284 g/mol. The van der Waals surface area contributed by atoms with Gasteiger partial charge in [0.05, 0.1) is 10.6 Å². The van der Waals surface area contributed by atoms with Gasteiger partial charge in [-0.2, -0.15) is 0 Å². The lowest BCUT2D eigenvalue weighted by Gasteiger charge is -2.08. The molecule has 1 aliphatic carbocycles. The van der Waals surface area contributed by atoms with Crippen molar-refractivity contribution < 1.29 is 13.2 Å². The molecule has 1 amide bonds. The van der Waals surface area contributed by atoms with E-state index >= 15 is 0 Å². The summed E-state index contributed by atoms with van der Waals surface area (Å²) in [4.78, 5) is 14.0. The van der Waals surface area contributed by atoms with E-state index in [1.54, 1.807) is 11.3 Å². The van der Waals surface area contributed by atoms with Gasteiger partial charge in [-0.05, 0) is 43.7 Å². The lowest BCUT2D eigenvalue weighted by atomic mass is 9.99. The van der Waals surface area contributed by atoms with Crippen molar-refractivity contribution in [2.45, 2.75) is 32.1 Å². The van der Waals surface area contributed by atoms with Crippen LogP contribution in [0.5, 0.6) is 0 Å². The van der Waals surface area contributed by atoms with Gasteiger partial charge < -0.3 is 5.32 Å². The van der Waals surface area contributed by atoms with Gasteiger partial charge in [-0.25, -0.2) is 13.6 Å². The highest BCUT2D eigenvalue weighted by atomic mass is 32.2. The maximum absolute atomic E-state index is 11.9. The molecule has 5 nitrogen and oxygen atoms in total. The van der Waals surface area contributed by atoms with Crippen LogP contribution in [0.15, 0.2) is 6.07 Å². The highest BCUT2D eigenvalue weighted by molar-refractivity contribution is 7.89. The number of rotatable bonds is 5. The van der Waals surface area contributed by atoms with Crippen LogP contribution in [0, 0.1) is 0 Å². The molecule has 0 fully saturated rings. The van der Waals surface area contributed by atoms with Gasteiger partial charge in [0.15, 0.2) is 0 Å². The predicted octanol–water partition coefficient (Wildman–Crippen LogP) is 1.04. The van der Waals surface area contributed by atoms with Crippen LogP contribution in [0.4, 0.5) is 0 Å². The zero-order valence-electron chi connectivity index (χ0n) is 10.6. The predicted molar refractivity (Wildman–Crippen MR) is 75.9 cm³/mol. The first-order chi connectivity index (χ1) is 8.96. The highest BCUT2D eigenvalue weighted by Gasteiger charge is 2.16. The van der Waals surface area contributed by atoms with E-state index in [1.807, 2.05) is 6.07 Å². The molecule has 1 aromatic rings. The van der Waals surface area contributed by atoms with Crippen molar-refractivity contribution in [3.63, 3.8) is 0 Å². The van der Waals surface area contributed by atoms with Crippen LogP contribution < -0.4 is 10.5 Å². The molecule has 106 valence electrons. The molecule has 0 radical (unpaired) electrons. The number of thiophene rings is 1. The van der Waals surface area contributed by atoms with E-state index in [0.717, 1.165) is 17.7 Å². The number of nitrogens with two attached hydrogens (primary N) is 1. The van der Waals surface area contributed by atoms with E-state index in [-0.39, 0.29) is 11.7 Å². The molecule has 0 spiro atoms. The Morgan fingerprint density at radius 1 is 1.37 bits per heavy atom. The second-order valence-electron chi connectivity index (χ2n) is 4.74. The molecule has 0 bridgehead atoms. The van der Waals surface area contributed by atoms with Crippen LogP contribution in [0.2, 0.25) is 0 Å². The minimum atomic E-state index is -3.44. The van der Waals surface area contributed by atoms with Gasteiger partial charge >= 0.3 is 0 Å². The first-order valence-corrected chi connectivity index (χ1v) is 8.89. The Balaban J connectivity index is 1.85. The molecule has 1 aliphatic rings. The summed E-state index contributed by atoms with van der Waals surface area (Å²) in [5, 5.41) is 7.62. The third kappa shape index (κ3) is 4.29. The quantitative estimate of drug-likeness (QED) is 0.796. The Morgan fingerprint density at radius 2 is 2.11 bits per heavy atom. The van der Waals surface area contributed by atoms with Crippen LogP contribution in [0.3, 0.4) is 0 Å². The molecule has 0 unspecified atom stereocenters. The van der Waals surface area contributed by atoms with Crippen molar-refractivity contribution in [2.24, 2.45) is 5.14 Å². The van der Waals surface area contributed by atoms with Crippen molar-refractivity contribution in [1.82, 2.24) is 5.32 Å². The average Bonchev–Trinajstić information content (AvgIpc) is 2.77. The monoisotopic (exact) mass is 302 g/mol. The van der Waals surface area contributed by atoms with Gasteiger partial charge in [-0.1, -0.05) is 0 Å². The van der Waals surface area contributed by atoms with Gasteiger partial charge in [0.25, 0.3) is 5.91 Å². The van der Waals surface area contributed by atoms with E-state index in [0.29, 0.717) is 13.0 Å². The normalized spacial score (nSPS) is 15.0. The summed E-state index contributed by atoms with van der Waals surface area (Å²) in [5.74, 6) is -0.220. The first kappa shape index (κ1) is 14.5. The summed E-state index contributed by atoms with van der Waals surface area (Å²) in [6, 6.07) is 1.97. The number of nitrogens with one attached hydrogen (secondary N) is 1. The Hall–Kier alpha value is -0.920. The Kier molecular flexibility index (Phi) is 4.59. The SMILES string of the molecule is NS(=O)(=O)CCCNC(=O)c1cc2c(s1)CCCC2. The van der Waals surface area contributed by atoms with Gasteiger partial charge in [0.2, 0.25) is 10.0 Å². The maximum Gasteiger partial charge on any atom is 0.261 e. The second-order valence-corrected chi connectivity index (χ2v) is 7.61. The van der Waals surface area contributed by atoms with Gasteiger partial charge in [0, 0.05) is 11.4 Å². The number of aryl methyl sites for hydroxylation is 2. The van der Waals surface area contributed by atoms with E-state index < -0.39 is 10.0 Å². The fourth-order valence-corrected chi connectivity index (χ4v) is 3.88. The molecule has 0 aliphatic heterocycles. The van der Waals surface area contributed by atoms with Gasteiger partial charge in [-0.15, -0.1) is 11.3 Å². The van der Waals surface area contributed by atoms with Crippen LogP contribution >= 0.6 is 11.3 Å². The topological polar surface area (TPSA) is 89.3 Å². The van der Waals surface area contributed by atoms with E-state index in [2.05, 4.69) is 5.32 Å². The largest absolute Gasteiger partial charge is 0.351 e. The molecule has 7 heteroatoms. The standard InChI is InChI=1S/C12H18N2O3S2/c13-19(16,17)7-3-6-14-12(15)11-8-9-4-1-2-5-10(9)18-11/h8H,1-7H2,(H,14,15)(H2,13,16,17). The minimum absolute atomic E-state index is 0.103. The third-order valence-corrected chi connectivity index (χ3v) is 5.21. The Bertz CT molecular complexity index is 540. The van der Waals surface area contributed by atoms with Crippen molar-refractivity contribution in [2.75, 3.05) is 12.3 Å². The molecule has 3 N–H and O–H groups in total. The molecule has 19 heavy (non-hydrogen) atoms. The number of carbonyl (C=O) groups excluding carboxylic acids is 1. The summed E-state index contributed by atoms with van der Waals surface area (Å²) in [6.07, 6.45) is 4.86. The fourth-order valence-electron chi connectivity index (χ4n) is 2.16. The molecule has 1 heterocycles. The number of sulfonamides is 1. The van der Waals surface area contributed by atoms with E-state index in [4.69, 9.17) is 5.14 Å². The molecule has 0 atom stereocenters. The Morgan fingerprint density at radius 3 is 2.79 bits per heavy atom. The number of hydrogen-bond acceptors (Lipinski definition) is 4. The highest BCUT2D eigenvalue weighted by Crippen LogP contribution is 2.29. The molecule has 2 rings (SSSR count). The minimum Gasteiger partial charge on any atom is -0.351 e. The summed E-state index contributed by atoms with van der Waals surface area (Å²) < 4.78 is 21.5. The summed E-state index contributed by atoms with van der Waals surface area (Å²) >= 11 is 1.55. The van der Waals surface area contributed by atoms with Crippen LogP contribution in [0.25, 0.3) is 0 Å². The number of carbonyl (C=O) groups is 1. The fraction of sp³-hybridized carbons (Fsp3) is 0.583. The lowest BCUT2D eigenvalue weighted by molar-refractivity contribution is 0.0957. The first-order valence-electron chi connectivity index (χ1n) is 6.36. The van der Waals surface area contributed by atoms with Crippen LogP contribution in [-0.4, -0.2) is 26.6 Å². The number of hydrogen-bond donors (Lipinski definition) is 2. The third-order valence-electron chi connectivity index (χ3n) is 3.11. The van der Waals surface area contributed by atoms with Gasteiger partial charge in [-0.3, -0.25) is 4.79 Å². The number of amides is 1. The molecule has 0 saturated heterocycles. The zero-order valence-corrected chi connectivity index (χ0v) is 12.3. The van der Waals surface area contributed by atoms with Crippen molar-refractivity contribution >= 4 is 27.3 Å². The molecule has 0 aromatic carbocycles. The smallest absolute Gasteiger partial charge is 0.261 e. The van der Waals surface area contributed by atoms with Crippen molar-refractivity contribution in [3.8, 4) is 0 Å². The molecule has 0 saturated carbocycles. The Labute approximate surface area is 117 Å². The van der Waals surface area contributed by atoms with E-state index in [9.17, 15) is 13.2 Å². The number of primary sulfonamides is 1. The van der Waals surface area contributed by atoms with Crippen LogP contribution in [-0.2, 0) is 22.9 Å².